The second kappa shape index (κ2) is 3.87. The van der Waals surface area contributed by atoms with E-state index >= 15 is 0 Å². The van der Waals surface area contributed by atoms with Crippen molar-refractivity contribution < 1.29 is 0 Å². The Hall–Kier alpha value is -1.36. The van der Waals surface area contributed by atoms with Gasteiger partial charge in [0, 0.05) is 12.4 Å². The van der Waals surface area contributed by atoms with E-state index < -0.39 is 0 Å². The molecule has 0 radical (unpaired) electrons. The zero-order chi connectivity index (χ0) is 8.97. The molecule has 0 N–H and O–H groups in total. The highest BCUT2D eigenvalue weighted by atomic mass is 14.6. The molecule has 1 heterocycles. The fourth-order valence-corrected chi connectivity index (χ4v) is 1.26. The smallest absolute Gasteiger partial charge is 0.0713 e. The van der Waals surface area contributed by atoms with Gasteiger partial charge >= 0.3 is 0 Å². The van der Waals surface area contributed by atoms with Crippen molar-refractivity contribution in [2.75, 3.05) is 0 Å². The van der Waals surface area contributed by atoms with Crippen molar-refractivity contribution in [2.45, 2.75) is 26.2 Å². The molecule has 0 aliphatic rings. The minimum Gasteiger partial charge on any atom is -0.264 e. The molecule has 0 fully saturated rings. The van der Waals surface area contributed by atoms with E-state index in [1.165, 1.54) is 0 Å². The summed E-state index contributed by atoms with van der Waals surface area (Å²) in [7, 11) is 0. The molecular formula is C10H12N2. The van der Waals surface area contributed by atoms with Crippen LogP contribution in [0.3, 0.4) is 0 Å². The zero-order valence-electron chi connectivity index (χ0n) is 7.41. The van der Waals surface area contributed by atoms with Gasteiger partial charge in [-0.05, 0) is 30.5 Å². The normalized spacial score (nSPS) is 12.1. The Morgan fingerprint density at radius 2 is 2.42 bits per heavy atom. The molecule has 1 unspecified atom stereocenters. The number of hydrogen-bond donors (Lipinski definition) is 0. The van der Waals surface area contributed by atoms with Crippen LogP contribution in [0.2, 0.25) is 0 Å². The Bertz CT molecular complexity index is 299. The molecule has 62 valence electrons. The van der Waals surface area contributed by atoms with Crippen molar-refractivity contribution in [3.05, 3.63) is 29.6 Å². The van der Waals surface area contributed by atoms with Gasteiger partial charge in [0.05, 0.1) is 12.0 Å². The molecule has 1 aromatic heterocycles. The Morgan fingerprint density at radius 1 is 1.67 bits per heavy atom. The fraction of sp³-hybridized carbons (Fsp3) is 0.400. The lowest BCUT2D eigenvalue weighted by atomic mass is 9.96. The van der Waals surface area contributed by atoms with E-state index in [0.29, 0.717) is 0 Å². The van der Waals surface area contributed by atoms with Crippen molar-refractivity contribution in [1.82, 2.24) is 4.98 Å². The van der Waals surface area contributed by atoms with Crippen LogP contribution in [0.25, 0.3) is 0 Å². The van der Waals surface area contributed by atoms with Gasteiger partial charge in [-0.1, -0.05) is 6.92 Å². The average Bonchev–Trinajstić information content (AvgIpc) is 2.10. The van der Waals surface area contributed by atoms with Crippen LogP contribution in [0, 0.1) is 18.3 Å². The minimum atomic E-state index is 0.0213. The summed E-state index contributed by atoms with van der Waals surface area (Å²) in [6, 6.07) is 4.20. The largest absolute Gasteiger partial charge is 0.264 e. The number of rotatable bonds is 2. The number of aryl methyl sites for hydroxylation is 1. The first kappa shape index (κ1) is 8.73. The van der Waals surface area contributed by atoms with Crippen LogP contribution in [0.4, 0.5) is 0 Å². The lowest BCUT2D eigenvalue weighted by Gasteiger charge is -2.08. The Labute approximate surface area is 72.9 Å². The highest BCUT2D eigenvalue weighted by molar-refractivity contribution is 5.29. The molecular weight excluding hydrogens is 148 g/mol. The molecule has 0 saturated heterocycles. The van der Waals surface area contributed by atoms with Crippen molar-refractivity contribution in [2.24, 2.45) is 0 Å². The molecule has 0 aliphatic carbocycles. The number of aromatic nitrogens is 1. The van der Waals surface area contributed by atoms with Gasteiger partial charge < -0.3 is 0 Å². The first-order chi connectivity index (χ1) is 5.79. The summed E-state index contributed by atoms with van der Waals surface area (Å²) < 4.78 is 0. The van der Waals surface area contributed by atoms with Gasteiger partial charge in [-0.2, -0.15) is 5.26 Å². The molecule has 2 nitrogen and oxygen atoms in total. The summed E-state index contributed by atoms with van der Waals surface area (Å²) in [5.74, 6) is 0.0213. The van der Waals surface area contributed by atoms with Gasteiger partial charge in [0.2, 0.25) is 0 Å². The Morgan fingerprint density at radius 3 is 2.92 bits per heavy atom. The third-order valence-corrected chi connectivity index (χ3v) is 2.00. The standard InChI is InChI=1S/C10H12N2/c1-3-9(6-11)10-4-5-12-7-8(10)2/h4-5,7,9H,3H2,1-2H3. The van der Waals surface area contributed by atoms with Gasteiger partial charge in [0.15, 0.2) is 0 Å². The third kappa shape index (κ3) is 1.62. The number of nitrogens with zero attached hydrogens (tertiary/aromatic N) is 2. The van der Waals surface area contributed by atoms with E-state index in [4.69, 9.17) is 5.26 Å². The zero-order valence-corrected chi connectivity index (χ0v) is 7.41. The molecule has 2 heteroatoms. The van der Waals surface area contributed by atoms with Crippen molar-refractivity contribution in [3.63, 3.8) is 0 Å². The summed E-state index contributed by atoms with van der Waals surface area (Å²) in [6.07, 6.45) is 4.40. The molecule has 1 aromatic rings. The molecule has 0 spiro atoms. The topological polar surface area (TPSA) is 36.7 Å². The van der Waals surface area contributed by atoms with E-state index in [0.717, 1.165) is 17.5 Å². The van der Waals surface area contributed by atoms with E-state index in [2.05, 4.69) is 11.1 Å². The summed E-state index contributed by atoms with van der Waals surface area (Å²) in [5, 5.41) is 8.83. The van der Waals surface area contributed by atoms with Crippen LogP contribution in [0.15, 0.2) is 18.5 Å². The van der Waals surface area contributed by atoms with Crippen LogP contribution >= 0.6 is 0 Å². The maximum absolute atomic E-state index is 8.83. The molecule has 0 saturated carbocycles. The second-order valence-corrected chi connectivity index (χ2v) is 2.82. The summed E-state index contributed by atoms with van der Waals surface area (Å²) in [4.78, 5) is 3.99. The predicted octanol–water partition coefficient (Wildman–Crippen LogP) is 2.41. The van der Waals surface area contributed by atoms with Gasteiger partial charge in [-0.25, -0.2) is 0 Å². The second-order valence-electron chi connectivity index (χ2n) is 2.82. The Kier molecular flexibility index (Phi) is 2.82. The van der Waals surface area contributed by atoms with Crippen molar-refractivity contribution >= 4 is 0 Å². The van der Waals surface area contributed by atoms with Gasteiger partial charge in [0.1, 0.15) is 0 Å². The number of nitriles is 1. The van der Waals surface area contributed by atoms with Crippen molar-refractivity contribution in [3.8, 4) is 6.07 Å². The lowest BCUT2D eigenvalue weighted by Crippen LogP contribution is -1.96. The van der Waals surface area contributed by atoms with Gasteiger partial charge in [0.25, 0.3) is 0 Å². The summed E-state index contributed by atoms with van der Waals surface area (Å²) in [5.41, 5.74) is 2.21. The third-order valence-electron chi connectivity index (χ3n) is 2.00. The monoisotopic (exact) mass is 160 g/mol. The molecule has 0 bridgehead atoms. The van der Waals surface area contributed by atoms with E-state index in [1.54, 1.807) is 12.4 Å². The van der Waals surface area contributed by atoms with Crippen LogP contribution in [0.1, 0.15) is 30.4 Å². The number of hydrogen-bond acceptors (Lipinski definition) is 2. The summed E-state index contributed by atoms with van der Waals surface area (Å²) >= 11 is 0. The predicted molar refractivity (Wildman–Crippen MR) is 47.6 cm³/mol. The van der Waals surface area contributed by atoms with Crippen LogP contribution in [-0.2, 0) is 0 Å². The quantitative estimate of drug-likeness (QED) is 0.666. The average molecular weight is 160 g/mol. The molecule has 1 atom stereocenters. The fourth-order valence-electron chi connectivity index (χ4n) is 1.26. The van der Waals surface area contributed by atoms with Crippen LogP contribution in [-0.4, -0.2) is 4.98 Å². The maximum atomic E-state index is 8.83. The maximum Gasteiger partial charge on any atom is 0.0713 e. The van der Waals surface area contributed by atoms with Gasteiger partial charge in [-0.3, -0.25) is 4.98 Å². The first-order valence-corrected chi connectivity index (χ1v) is 4.09. The highest BCUT2D eigenvalue weighted by Crippen LogP contribution is 2.20. The van der Waals surface area contributed by atoms with E-state index in [9.17, 15) is 0 Å². The molecule has 1 rings (SSSR count). The van der Waals surface area contributed by atoms with E-state index in [-0.39, 0.29) is 5.92 Å². The van der Waals surface area contributed by atoms with Crippen LogP contribution in [0.5, 0.6) is 0 Å². The minimum absolute atomic E-state index is 0.0213. The first-order valence-electron chi connectivity index (χ1n) is 4.09. The SMILES string of the molecule is CCC(C#N)c1ccncc1C. The van der Waals surface area contributed by atoms with Crippen LogP contribution < -0.4 is 0 Å². The molecule has 0 aliphatic heterocycles. The molecule has 12 heavy (non-hydrogen) atoms. The molecule has 0 amide bonds. The van der Waals surface area contributed by atoms with Gasteiger partial charge in [-0.15, -0.1) is 0 Å². The molecule has 0 aromatic carbocycles. The van der Waals surface area contributed by atoms with E-state index in [1.807, 2.05) is 19.9 Å². The highest BCUT2D eigenvalue weighted by Gasteiger charge is 2.09. The lowest BCUT2D eigenvalue weighted by molar-refractivity contribution is 0.808. The Balaban J connectivity index is 3.02. The van der Waals surface area contributed by atoms with Crippen molar-refractivity contribution in [1.29, 1.82) is 5.26 Å². The number of pyridine rings is 1. The summed E-state index contributed by atoms with van der Waals surface area (Å²) in [6.45, 7) is 4.01.